The normalized spacial score (nSPS) is 10.9. The highest BCUT2D eigenvalue weighted by atomic mass is 32.2. The van der Waals surface area contributed by atoms with Gasteiger partial charge in [-0.1, -0.05) is 17.8 Å². The van der Waals surface area contributed by atoms with E-state index < -0.39 is 0 Å². The van der Waals surface area contributed by atoms with Gasteiger partial charge in [-0.15, -0.1) is 11.3 Å². The highest BCUT2D eigenvalue weighted by Crippen LogP contribution is 2.33. The fourth-order valence-electron chi connectivity index (χ4n) is 2.74. The average molecular weight is 405 g/mol. The Labute approximate surface area is 164 Å². The number of fused-ring (bicyclic) bond motifs is 1. The van der Waals surface area contributed by atoms with E-state index >= 15 is 0 Å². The summed E-state index contributed by atoms with van der Waals surface area (Å²) in [6.07, 6.45) is 1.02. The van der Waals surface area contributed by atoms with Crippen molar-refractivity contribution in [3.05, 3.63) is 39.5 Å². The number of carbonyl (C=O) groups excluding carboxylic acids is 1. The molecular formula is C19H20N2O4S2. The van der Waals surface area contributed by atoms with Crippen LogP contribution in [0.1, 0.15) is 18.4 Å². The van der Waals surface area contributed by atoms with Crippen LogP contribution in [0.15, 0.2) is 33.5 Å². The van der Waals surface area contributed by atoms with Crippen LogP contribution in [-0.4, -0.2) is 35.9 Å². The van der Waals surface area contributed by atoms with Crippen molar-refractivity contribution in [2.24, 2.45) is 0 Å². The van der Waals surface area contributed by atoms with Crippen molar-refractivity contribution in [2.45, 2.75) is 24.9 Å². The number of nitrogens with one attached hydrogen (secondary N) is 1. The van der Waals surface area contributed by atoms with Crippen LogP contribution < -0.4 is 10.3 Å². The molecule has 0 saturated carbocycles. The van der Waals surface area contributed by atoms with E-state index in [4.69, 9.17) is 4.74 Å². The maximum atomic E-state index is 12.6. The van der Waals surface area contributed by atoms with Gasteiger partial charge in [0.05, 0.1) is 19.6 Å². The first-order valence-corrected chi connectivity index (χ1v) is 10.3. The minimum atomic E-state index is -0.231. The zero-order valence-electron chi connectivity index (χ0n) is 15.3. The maximum Gasteiger partial charge on any atom is 0.305 e. The molecule has 1 aromatic carbocycles. The van der Waals surface area contributed by atoms with Gasteiger partial charge in [-0.2, -0.15) is 0 Å². The molecule has 142 valence electrons. The molecule has 6 nitrogen and oxygen atoms in total. The summed E-state index contributed by atoms with van der Waals surface area (Å²) in [5.41, 5.74) is 2.69. The molecule has 27 heavy (non-hydrogen) atoms. The number of H-pyrrole nitrogens is 1. The zero-order valence-corrected chi connectivity index (χ0v) is 17.0. The molecule has 0 radical (unpaired) electrons. The molecule has 2 heterocycles. The number of hydrogen-bond donors (Lipinski definition) is 1. The fourth-order valence-corrected chi connectivity index (χ4v) is 4.55. The fraction of sp³-hybridized carbons (Fsp3) is 0.316. The van der Waals surface area contributed by atoms with Crippen molar-refractivity contribution < 1.29 is 14.3 Å². The van der Waals surface area contributed by atoms with Gasteiger partial charge in [-0.05, 0) is 36.6 Å². The molecule has 0 atom stereocenters. The first kappa shape index (κ1) is 19.4. The second-order valence-electron chi connectivity index (χ2n) is 5.91. The minimum Gasteiger partial charge on any atom is -0.496 e. The number of methoxy groups -OCH3 is 2. The number of aromatic nitrogens is 2. The third kappa shape index (κ3) is 4.33. The predicted octanol–water partition coefficient (Wildman–Crippen LogP) is 4.01. The summed E-state index contributed by atoms with van der Waals surface area (Å²) < 4.78 is 9.92. The molecule has 0 saturated heterocycles. The number of carbonyl (C=O) groups is 1. The molecule has 8 heteroatoms. The van der Waals surface area contributed by atoms with Crippen LogP contribution in [0.3, 0.4) is 0 Å². The summed E-state index contributed by atoms with van der Waals surface area (Å²) in [4.78, 5) is 31.9. The number of rotatable bonds is 7. The van der Waals surface area contributed by atoms with Crippen molar-refractivity contribution in [1.82, 2.24) is 9.97 Å². The smallest absolute Gasteiger partial charge is 0.305 e. The minimum absolute atomic E-state index is 0.153. The second-order valence-corrected chi connectivity index (χ2v) is 7.85. The quantitative estimate of drug-likeness (QED) is 0.277. The molecule has 0 fully saturated rings. The predicted molar refractivity (Wildman–Crippen MR) is 109 cm³/mol. The SMILES string of the molecule is COC(=O)CCCSc1nc2scc(-c3ccc(OC)c(C)c3)c2c(=O)[nH]1. The third-order valence-corrected chi connectivity index (χ3v) is 5.95. The molecular weight excluding hydrogens is 384 g/mol. The summed E-state index contributed by atoms with van der Waals surface area (Å²) >= 11 is 2.88. The molecule has 3 rings (SSSR count). The zero-order chi connectivity index (χ0) is 19.4. The first-order chi connectivity index (χ1) is 13.0. The number of benzene rings is 1. The highest BCUT2D eigenvalue weighted by molar-refractivity contribution is 7.99. The number of thioether (sulfide) groups is 1. The van der Waals surface area contributed by atoms with E-state index in [0.29, 0.717) is 34.0 Å². The van der Waals surface area contributed by atoms with Crippen molar-refractivity contribution in [3.63, 3.8) is 0 Å². The number of aromatic amines is 1. The molecule has 0 amide bonds. The molecule has 2 aromatic heterocycles. The Morgan fingerprint density at radius 3 is 2.85 bits per heavy atom. The van der Waals surface area contributed by atoms with E-state index in [-0.39, 0.29) is 11.5 Å². The number of nitrogens with zero attached hydrogens (tertiary/aromatic N) is 1. The summed E-state index contributed by atoms with van der Waals surface area (Å²) in [5, 5.41) is 3.13. The van der Waals surface area contributed by atoms with Crippen molar-refractivity contribution in [1.29, 1.82) is 0 Å². The number of thiophene rings is 1. The van der Waals surface area contributed by atoms with Crippen molar-refractivity contribution >= 4 is 39.3 Å². The second kappa shape index (κ2) is 8.58. The standard InChI is InChI=1S/C19H20N2O4S2/c1-11-9-12(6-7-14(11)24-2)13-10-27-18-16(13)17(23)20-19(21-18)26-8-4-5-15(22)25-3/h6-7,9-10H,4-5,8H2,1-3H3,(H,20,21,23). The van der Waals surface area contributed by atoms with Gasteiger partial charge in [-0.25, -0.2) is 4.98 Å². The molecule has 0 spiro atoms. The Morgan fingerprint density at radius 2 is 2.15 bits per heavy atom. The van der Waals surface area contributed by atoms with Crippen LogP contribution >= 0.6 is 23.1 Å². The summed E-state index contributed by atoms with van der Waals surface area (Å²) in [7, 11) is 3.02. The van der Waals surface area contributed by atoms with Gasteiger partial charge in [0, 0.05) is 23.1 Å². The Hall–Kier alpha value is -2.32. The van der Waals surface area contributed by atoms with Gasteiger partial charge >= 0.3 is 5.97 Å². The topological polar surface area (TPSA) is 81.3 Å². The van der Waals surface area contributed by atoms with E-state index in [1.807, 2.05) is 30.5 Å². The number of aryl methyl sites for hydroxylation is 1. The summed E-state index contributed by atoms with van der Waals surface area (Å²) in [6.45, 7) is 1.97. The first-order valence-electron chi connectivity index (χ1n) is 8.39. The Balaban J connectivity index is 1.83. The van der Waals surface area contributed by atoms with Crippen LogP contribution in [-0.2, 0) is 9.53 Å². The van der Waals surface area contributed by atoms with Crippen LogP contribution in [0, 0.1) is 6.92 Å². The van der Waals surface area contributed by atoms with Gasteiger partial charge < -0.3 is 14.5 Å². The lowest BCUT2D eigenvalue weighted by molar-refractivity contribution is -0.140. The Morgan fingerprint density at radius 1 is 1.33 bits per heavy atom. The van der Waals surface area contributed by atoms with Gasteiger partial charge in [0.1, 0.15) is 10.6 Å². The van der Waals surface area contributed by atoms with Crippen LogP contribution in [0.25, 0.3) is 21.3 Å². The Bertz CT molecular complexity index is 1030. The molecule has 0 aliphatic heterocycles. The summed E-state index contributed by atoms with van der Waals surface area (Å²) in [5.74, 6) is 1.26. The van der Waals surface area contributed by atoms with Gasteiger partial charge in [0.15, 0.2) is 5.16 Å². The lowest BCUT2D eigenvalue weighted by atomic mass is 10.0. The van der Waals surface area contributed by atoms with Gasteiger partial charge in [-0.3, -0.25) is 9.59 Å². The number of hydrogen-bond acceptors (Lipinski definition) is 7. The molecule has 0 aliphatic carbocycles. The van der Waals surface area contributed by atoms with Crippen LogP contribution in [0.5, 0.6) is 5.75 Å². The maximum absolute atomic E-state index is 12.6. The number of ether oxygens (including phenoxy) is 2. The summed E-state index contributed by atoms with van der Waals surface area (Å²) in [6, 6.07) is 5.86. The van der Waals surface area contributed by atoms with E-state index in [9.17, 15) is 9.59 Å². The number of esters is 1. The van der Waals surface area contributed by atoms with E-state index in [0.717, 1.165) is 22.4 Å². The van der Waals surface area contributed by atoms with Gasteiger partial charge in [0.2, 0.25) is 0 Å². The van der Waals surface area contributed by atoms with E-state index in [1.165, 1.54) is 30.2 Å². The van der Waals surface area contributed by atoms with E-state index in [2.05, 4.69) is 14.7 Å². The van der Waals surface area contributed by atoms with Crippen LogP contribution in [0.2, 0.25) is 0 Å². The van der Waals surface area contributed by atoms with Crippen LogP contribution in [0.4, 0.5) is 0 Å². The largest absolute Gasteiger partial charge is 0.496 e. The molecule has 0 bridgehead atoms. The van der Waals surface area contributed by atoms with Crippen molar-refractivity contribution in [2.75, 3.05) is 20.0 Å². The highest BCUT2D eigenvalue weighted by Gasteiger charge is 2.14. The monoisotopic (exact) mass is 404 g/mol. The molecule has 1 N–H and O–H groups in total. The van der Waals surface area contributed by atoms with Crippen molar-refractivity contribution in [3.8, 4) is 16.9 Å². The lowest BCUT2D eigenvalue weighted by Crippen LogP contribution is -2.09. The molecule has 0 aliphatic rings. The molecule has 0 unspecified atom stereocenters. The molecule has 3 aromatic rings. The average Bonchev–Trinajstić information content (AvgIpc) is 3.09. The van der Waals surface area contributed by atoms with E-state index in [1.54, 1.807) is 7.11 Å². The van der Waals surface area contributed by atoms with Gasteiger partial charge in [0.25, 0.3) is 5.56 Å². The third-order valence-electron chi connectivity index (χ3n) is 4.12. The lowest BCUT2D eigenvalue weighted by Gasteiger charge is -2.07. The Kier molecular flexibility index (Phi) is 6.18.